The smallest absolute Gasteiger partial charge is 0.242 e. The first kappa shape index (κ1) is 17.9. The van der Waals surface area contributed by atoms with Crippen LogP contribution in [0.2, 0.25) is 0 Å². The Hall–Kier alpha value is -1.44. The van der Waals surface area contributed by atoms with Gasteiger partial charge in [-0.05, 0) is 49.4 Å². The van der Waals surface area contributed by atoms with Crippen LogP contribution in [0.5, 0.6) is 0 Å². The number of benzene rings is 1. The summed E-state index contributed by atoms with van der Waals surface area (Å²) in [6.07, 6.45) is 2.85. The summed E-state index contributed by atoms with van der Waals surface area (Å²) in [5.41, 5.74) is 0.585. The molecule has 1 N–H and O–H groups in total. The zero-order valence-corrected chi connectivity index (χ0v) is 14.4. The number of hydrogen-bond donors (Lipinski definition) is 1. The molecule has 128 valence electrons. The number of amides is 1. The molecule has 1 aromatic carbocycles. The Labute approximate surface area is 137 Å². The predicted molar refractivity (Wildman–Crippen MR) is 88.7 cm³/mol. The van der Waals surface area contributed by atoms with E-state index in [0.717, 1.165) is 32.5 Å². The van der Waals surface area contributed by atoms with E-state index in [2.05, 4.69) is 5.32 Å². The van der Waals surface area contributed by atoms with Crippen molar-refractivity contribution in [2.45, 2.75) is 31.1 Å². The van der Waals surface area contributed by atoms with Crippen molar-refractivity contribution < 1.29 is 17.9 Å². The molecule has 1 amide bonds. The second kappa shape index (κ2) is 7.90. The standard InChI is InChI=1S/C16H24N2O4S/c1-13(19)17-15-3-5-16(6-4-15)23(20,21)18(2)10-7-14-8-11-22-12-9-14/h3-6,14H,7-12H2,1-2H3,(H,17,19). The molecule has 0 atom stereocenters. The molecule has 1 aliphatic heterocycles. The van der Waals surface area contributed by atoms with Gasteiger partial charge in [0.1, 0.15) is 0 Å². The van der Waals surface area contributed by atoms with Gasteiger partial charge in [0.25, 0.3) is 0 Å². The van der Waals surface area contributed by atoms with E-state index in [9.17, 15) is 13.2 Å². The molecule has 1 heterocycles. The maximum Gasteiger partial charge on any atom is 0.242 e. The predicted octanol–water partition coefficient (Wildman–Crippen LogP) is 2.08. The molecule has 23 heavy (non-hydrogen) atoms. The molecule has 1 saturated heterocycles. The number of sulfonamides is 1. The van der Waals surface area contributed by atoms with Gasteiger partial charge in [-0.1, -0.05) is 0 Å². The molecule has 0 saturated carbocycles. The lowest BCUT2D eigenvalue weighted by Gasteiger charge is -2.24. The average Bonchev–Trinajstić information content (AvgIpc) is 2.53. The molecule has 7 heteroatoms. The molecule has 6 nitrogen and oxygen atoms in total. The third-order valence-corrected chi connectivity index (χ3v) is 5.95. The summed E-state index contributed by atoms with van der Waals surface area (Å²) in [6, 6.07) is 6.23. The number of anilines is 1. The molecule has 0 aliphatic carbocycles. The van der Waals surface area contributed by atoms with E-state index >= 15 is 0 Å². The molecule has 1 fully saturated rings. The molecular formula is C16H24N2O4S. The molecule has 0 bridgehead atoms. The number of hydrogen-bond acceptors (Lipinski definition) is 4. The Bertz CT molecular complexity index is 622. The van der Waals surface area contributed by atoms with Crippen LogP contribution in [0.1, 0.15) is 26.2 Å². The van der Waals surface area contributed by atoms with Gasteiger partial charge in [0, 0.05) is 39.4 Å². The lowest BCUT2D eigenvalue weighted by atomic mass is 9.97. The van der Waals surface area contributed by atoms with Crippen molar-refractivity contribution in [1.82, 2.24) is 4.31 Å². The highest BCUT2D eigenvalue weighted by molar-refractivity contribution is 7.89. The van der Waals surface area contributed by atoms with Gasteiger partial charge in [-0.25, -0.2) is 12.7 Å². The highest BCUT2D eigenvalue weighted by Crippen LogP contribution is 2.21. The van der Waals surface area contributed by atoms with Crippen LogP contribution in [-0.2, 0) is 19.6 Å². The third kappa shape index (κ3) is 5.02. The van der Waals surface area contributed by atoms with Crippen LogP contribution in [0, 0.1) is 5.92 Å². The molecule has 2 rings (SSSR count). The van der Waals surface area contributed by atoms with Crippen LogP contribution in [0.15, 0.2) is 29.2 Å². The van der Waals surface area contributed by atoms with Gasteiger partial charge in [-0.15, -0.1) is 0 Å². The van der Waals surface area contributed by atoms with Crippen molar-refractivity contribution in [3.05, 3.63) is 24.3 Å². The third-order valence-electron chi connectivity index (χ3n) is 4.08. The molecule has 1 aromatic rings. The fourth-order valence-corrected chi connectivity index (χ4v) is 3.80. The lowest BCUT2D eigenvalue weighted by molar-refractivity contribution is -0.114. The largest absolute Gasteiger partial charge is 0.381 e. The van der Waals surface area contributed by atoms with E-state index < -0.39 is 10.0 Å². The highest BCUT2D eigenvalue weighted by atomic mass is 32.2. The van der Waals surface area contributed by atoms with E-state index in [0.29, 0.717) is 18.2 Å². The second-order valence-corrected chi connectivity index (χ2v) is 7.92. The van der Waals surface area contributed by atoms with Crippen molar-refractivity contribution in [1.29, 1.82) is 0 Å². The molecule has 0 spiro atoms. The van der Waals surface area contributed by atoms with Gasteiger partial charge < -0.3 is 10.1 Å². The SMILES string of the molecule is CC(=O)Nc1ccc(S(=O)(=O)N(C)CCC2CCOCC2)cc1. The van der Waals surface area contributed by atoms with Gasteiger partial charge in [-0.2, -0.15) is 0 Å². The Morgan fingerprint density at radius 3 is 2.43 bits per heavy atom. The Balaban J connectivity index is 1.97. The zero-order valence-electron chi connectivity index (χ0n) is 13.6. The van der Waals surface area contributed by atoms with Crippen LogP contribution < -0.4 is 5.32 Å². The van der Waals surface area contributed by atoms with Crippen LogP contribution in [-0.4, -0.2) is 45.4 Å². The highest BCUT2D eigenvalue weighted by Gasteiger charge is 2.22. The van der Waals surface area contributed by atoms with E-state index in [1.807, 2.05) is 0 Å². The first-order valence-electron chi connectivity index (χ1n) is 7.81. The maximum atomic E-state index is 12.6. The van der Waals surface area contributed by atoms with E-state index in [4.69, 9.17) is 4.74 Å². The minimum Gasteiger partial charge on any atom is -0.381 e. The minimum atomic E-state index is -3.50. The molecule has 0 unspecified atom stereocenters. The van der Waals surface area contributed by atoms with Crippen molar-refractivity contribution >= 4 is 21.6 Å². The molecular weight excluding hydrogens is 316 g/mol. The van der Waals surface area contributed by atoms with Gasteiger partial charge in [-0.3, -0.25) is 4.79 Å². The van der Waals surface area contributed by atoms with Crippen LogP contribution >= 0.6 is 0 Å². The normalized spacial score (nSPS) is 16.5. The van der Waals surface area contributed by atoms with E-state index in [-0.39, 0.29) is 10.8 Å². The summed E-state index contributed by atoms with van der Waals surface area (Å²) in [5.74, 6) is 0.345. The number of ether oxygens (including phenoxy) is 1. The minimum absolute atomic E-state index is 0.186. The Kier molecular flexibility index (Phi) is 6.15. The van der Waals surface area contributed by atoms with Crippen molar-refractivity contribution in [3.63, 3.8) is 0 Å². The Morgan fingerprint density at radius 1 is 1.26 bits per heavy atom. The summed E-state index contributed by atoms with van der Waals surface area (Å²) in [5, 5.41) is 2.62. The summed E-state index contributed by atoms with van der Waals surface area (Å²) in [4.78, 5) is 11.2. The number of carbonyl (C=O) groups excluding carboxylic acids is 1. The second-order valence-electron chi connectivity index (χ2n) is 5.88. The summed E-state index contributed by atoms with van der Waals surface area (Å²) in [7, 11) is -1.89. The topological polar surface area (TPSA) is 75.7 Å². The Morgan fingerprint density at radius 2 is 1.87 bits per heavy atom. The van der Waals surface area contributed by atoms with E-state index in [1.54, 1.807) is 19.2 Å². The summed E-state index contributed by atoms with van der Waals surface area (Å²) < 4.78 is 31.8. The average molecular weight is 340 g/mol. The summed E-state index contributed by atoms with van der Waals surface area (Å²) in [6.45, 7) is 3.45. The number of rotatable bonds is 6. The van der Waals surface area contributed by atoms with Gasteiger partial charge in [0.2, 0.25) is 15.9 Å². The van der Waals surface area contributed by atoms with Crippen molar-refractivity contribution in [3.8, 4) is 0 Å². The van der Waals surface area contributed by atoms with Crippen LogP contribution in [0.25, 0.3) is 0 Å². The van der Waals surface area contributed by atoms with E-state index in [1.165, 1.54) is 23.4 Å². The zero-order chi connectivity index (χ0) is 16.9. The van der Waals surface area contributed by atoms with Gasteiger partial charge in [0.05, 0.1) is 4.90 Å². The maximum absolute atomic E-state index is 12.6. The first-order valence-corrected chi connectivity index (χ1v) is 9.25. The number of carbonyl (C=O) groups is 1. The fourth-order valence-electron chi connectivity index (χ4n) is 2.61. The van der Waals surface area contributed by atoms with Gasteiger partial charge >= 0.3 is 0 Å². The lowest BCUT2D eigenvalue weighted by Crippen LogP contribution is -2.30. The van der Waals surface area contributed by atoms with Crippen molar-refractivity contribution in [2.75, 3.05) is 32.1 Å². The molecule has 0 aromatic heterocycles. The summed E-state index contributed by atoms with van der Waals surface area (Å²) >= 11 is 0. The van der Waals surface area contributed by atoms with Crippen molar-refractivity contribution in [2.24, 2.45) is 5.92 Å². The first-order chi connectivity index (χ1) is 10.9. The monoisotopic (exact) mass is 340 g/mol. The van der Waals surface area contributed by atoms with Crippen LogP contribution in [0.3, 0.4) is 0 Å². The van der Waals surface area contributed by atoms with Crippen LogP contribution in [0.4, 0.5) is 5.69 Å². The quantitative estimate of drug-likeness (QED) is 0.860. The van der Waals surface area contributed by atoms with Gasteiger partial charge in [0.15, 0.2) is 0 Å². The fraction of sp³-hybridized carbons (Fsp3) is 0.562. The molecule has 1 aliphatic rings. The number of nitrogens with one attached hydrogen (secondary N) is 1. The number of nitrogens with zero attached hydrogens (tertiary/aromatic N) is 1. The molecule has 0 radical (unpaired) electrons.